The molecule has 18 heavy (non-hydrogen) atoms. The van der Waals surface area contributed by atoms with E-state index in [0.717, 1.165) is 28.6 Å². The number of hydrogen-bond donors (Lipinski definition) is 0. The molecule has 1 aromatic carbocycles. The van der Waals surface area contributed by atoms with E-state index in [-0.39, 0.29) is 0 Å². The predicted octanol–water partition coefficient (Wildman–Crippen LogP) is 4.90. The lowest BCUT2D eigenvalue weighted by Gasteiger charge is -2.07. The molecule has 0 aliphatic carbocycles. The van der Waals surface area contributed by atoms with Gasteiger partial charge in [-0.3, -0.25) is 0 Å². The molecule has 0 N–H and O–H groups in total. The van der Waals surface area contributed by atoms with E-state index >= 15 is 0 Å². The van der Waals surface area contributed by atoms with Crippen molar-refractivity contribution in [2.24, 2.45) is 0 Å². The SMILES string of the molecule is CCCc1ccc(Oc2cc(C)c(Br)cn2)cc1. The van der Waals surface area contributed by atoms with Gasteiger partial charge < -0.3 is 4.74 Å². The highest BCUT2D eigenvalue weighted by Gasteiger charge is 2.02. The average molecular weight is 306 g/mol. The molecule has 1 aromatic heterocycles. The van der Waals surface area contributed by atoms with Crippen molar-refractivity contribution in [1.82, 2.24) is 4.98 Å². The van der Waals surface area contributed by atoms with Gasteiger partial charge in [0.05, 0.1) is 0 Å². The number of pyridine rings is 1. The average Bonchev–Trinajstić information content (AvgIpc) is 2.37. The van der Waals surface area contributed by atoms with E-state index in [4.69, 9.17) is 4.74 Å². The molecule has 2 rings (SSSR count). The third-order valence-corrected chi connectivity index (χ3v) is 3.54. The van der Waals surface area contributed by atoms with Crippen LogP contribution in [0.4, 0.5) is 0 Å². The summed E-state index contributed by atoms with van der Waals surface area (Å²) in [4.78, 5) is 4.22. The summed E-state index contributed by atoms with van der Waals surface area (Å²) in [6, 6.07) is 10.1. The minimum atomic E-state index is 0.624. The summed E-state index contributed by atoms with van der Waals surface area (Å²) in [6.07, 6.45) is 4.03. The Morgan fingerprint density at radius 2 is 1.94 bits per heavy atom. The Morgan fingerprint density at radius 1 is 1.22 bits per heavy atom. The van der Waals surface area contributed by atoms with Crippen molar-refractivity contribution in [3.63, 3.8) is 0 Å². The summed E-state index contributed by atoms with van der Waals surface area (Å²) < 4.78 is 6.71. The maximum absolute atomic E-state index is 5.72. The maximum Gasteiger partial charge on any atom is 0.219 e. The fourth-order valence-electron chi connectivity index (χ4n) is 1.70. The number of ether oxygens (including phenoxy) is 1. The first-order valence-electron chi connectivity index (χ1n) is 6.08. The number of hydrogen-bond acceptors (Lipinski definition) is 2. The van der Waals surface area contributed by atoms with Gasteiger partial charge in [-0.25, -0.2) is 4.98 Å². The van der Waals surface area contributed by atoms with Crippen LogP contribution in [0, 0.1) is 6.92 Å². The Balaban J connectivity index is 2.10. The minimum absolute atomic E-state index is 0.624. The fraction of sp³-hybridized carbons (Fsp3) is 0.267. The Hall–Kier alpha value is -1.35. The standard InChI is InChI=1S/C15H16BrNO/c1-3-4-12-5-7-13(8-6-12)18-15-9-11(2)14(16)10-17-15/h5-10H,3-4H2,1-2H3. The number of nitrogens with zero attached hydrogens (tertiary/aromatic N) is 1. The van der Waals surface area contributed by atoms with Gasteiger partial charge in [-0.2, -0.15) is 0 Å². The van der Waals surface area contributed by atoms with Crippen molar-refractivity contribution < 1.29 is 4.74 Å². The fourth-order valence-corrected chi connectivity index (χ4v) is 1.92. The van der Waals surface area contributed by atoms with Crippen molar-refractivity contribution in [2.75, 3.05) is 0 Å². The Labute approximate surface area is 116 Å². The van der Waals surface area contributed by atoms with Crippen LogP contribution >= 0.6 is 15.9 Å². The van der Waals surface area contributed by atoms with E-state index in [9.17, 15) is 0 Å². The minimum Gasteiger partial charge on any atom is -0.439 e. The summed E-state index contributed by atoms with van der Waals surface area (Å²) >= 11 is 3.42. The molecule has 0 atom stereocenters. The quantitative estimate of drug-likeness (QED) is 0.801. The van der Waals surface area contributed by atoms with Crippen molar-refractivity contribution in [2.45, 2.75) is 26.7 Å². The van der Waals surface area contributed by atoms with E-state index in [1.54, 1.807) is 6.20 Å². The van der Waals surface area contributed by atoms with Gasteiger partial charge in [0.15, 0.2) is 0 Å². The lowest BCUT2D eigenvalue weighted by molar-refractivity contribution is 0.462. The molecular weight excluding hydrogens is 290 g/mol. The zero-order valence-electron chi connectivity index (χ0n) is 10.6. The molecule has 0 bridgehead atoms. The van der Waals surface area contributed by atoms with Crippen molar-refractivity contribution in [1.29, 1.82) is 0 Å². The first-order chi connectivity index (χ1) is 8.69. The van der Waals surface area contributed by atoms with Crippen LogP contribution in [0.25, 0.3) is 0 Å². The first-order valence-corrected chi connectivity index (χ1v) is 6.87. The van der Waals surface area contributed by atoms with Crippen LogP contribution in [0.15, 0.2) is 41.0 Å². The molecule has 0 saturated heterocycles. The van der Waals surface area contributed by atoms with Crippen LogP contribution in [0.2, 0.25) is 0 Å². The van der Waals surface area contributed by atoms with Gasteiger partial charge in [0.2, 0.25) is 5.88 Å². The second kappa shape index (κ2) is 6.01. The molecule has 3 heteroatoms. The molecular formula is C15H16BrNO. The normalized spacial score (nSPS) is 10.4. The highest BCUT2D eigenvalue weighted by molar-refractivity contribution is 9.10. The van der Waals surface area contributed by atoms with Crippen LogP contribution in [-0.2, 0) is 6.42 Å². The lowest BCUT2D eigenvalue weighted by atomic mass is 10.1. The summed E-state index contributed by atoms with van der Waals surface area (Å²) in [5.74, 6) is 1.45. The largest absolute Gasteiger partial charge is 0.439 e. The molecule has 2 aromatic rings. The maximum atomic E-state index is 5.72. The summed E-state index contributed by atoms with van der Waals surface area (Å²) in [5, 5.41) is 0. The third-order valence-electron chi connectivity index (χ3n) is 2.71. The number of aromatic nitrogens is 1. The predicted molar refractivity (Wildman–Crippen MR) is 77.2 cm³/mol. The Bertz CT molecular complexity index is 523. The van der Waals surface area contributed by atoms with Crippen molar-refractivity contribution in [3.05, 3.63) is 52.1 Å². The molecule has 0 unspecified atom stereocenters. The van der Waals surface area contributed by atoms with Crippen molar-refractivity contribution >= 4 is 15.9 Å². The van der Waals surface area contributed by atoms with Crippen LogP contribution in [0.3, 0.4) is 0 Å². The number of halogens is 1. The van der Waals surface area contributed by atoms with Crippen LogP contribution < -0.4 is 4.74 Å². The van der Waals surface area contributed by atoms with Gasteiger partial charge in [0, 0.05) is 16.7 Å². The smallest absolute Gasteiger partial charge is 0.219 e. The van der Waals surface area contributed by atoms with Gasteiger partial charge in [-0.05, 0) is 52.5 Å². The van der Waals surface area contributed by atoms with Crippen LogP contribution in [-0.4, -0.2) is 4.98 Å². The van der Waals surface area contributed by atoms with Gasteiger partial charge >= 0.3 is 0 Å². The molecule has 94 valence electrons. The summed E-state index contributed by atoms with van der Waals surface area (Å²) in [5.41, 5.74) is 2.45. The second-order valence-electron chi connectivity index (χ2n) is 4.27. The van der Waals surface area contributed by atoms with E-state index in [0.29, 0.717) is 5.88 Å². The van der Waals surface area contributed by atoms with Gasteiger partial charge in [-0.1, -0.05) is 25.5 Å². The number of benzene rings is 1. The highest BCUT2D eigenvalue weighted by Crippen LogP contribution is 2.24. The highest BCUT2D eigenvalue weighted by atomic mass is 79.9. The molecule has 0 saturated carbocycles. The molecule has 0 fully saturated rings. The molecule has 0 spiro atoms. The van der Waals surface area contributed by atoms with Crippen molar-refractivity contribution in [3.8, 4) is 11.6 Å². The lowest BCUT2D eigenvalue weighted by Crippen LogP contribution is -1.90. The van der Waals surface area contributed by atoms with E-state index in [2.05, 4.69) is 40.0 Å². The van der Waals surface area contributed by atoms with Crippen LogP contribution in [0.5, 0.6) is 11.6 Å². The molecule has 0 aliphatic rings. The molecule has 0 radical (unpaired) electrons. The second-order valence-corrected chi connectivity index (χ2v) is 5.12. The molecule has 0 amide bonds. The van der Waals surface area contributed by atoms with E-state index in [1.165, 1.54) is 5.56 Å². The Morgan fingerprint density at radius 3 is 2.56 bits per heavy atom. The molecule has 0 aliphatic heterocycles. The molecule has 2 nitrogen and oxygen atoms in total. The van der Waals surface area contributed by atoms with Gasteiger partial charge in [-0.15, -0.1) is 0 Å². The first kappa shape index (κ1) is 13.1. The number of rotatable bonds is 4. The molecule has 1 heterocycles. The zero-order valence-corrected chi connectivity index (χ0v) is 12.2. The van der Waals surface area contributed by atoms with Gasteiger partial charge in [0.25, 0.3) is 0 Å². The third kappa shape index (κ3) is 3.33. The van der Waals surface area contributed by atoms with E-state index in [1.807, 2.05) is 25.1 Å². The van der Waals surface area contributed by atoms with E-state index < -0.39 is 0 Å². The topological polar surface area (TPSA) is 22.1 Å². The number of aryl methyl sites for hydroxylation is 2. The van der Waals surface area contributed by atoms with Crippen LogP contribution in [0.1, 0.15) is 24.5 Å². The monoisotopic (exact) mass is 305 g/mol. The summed E-state index contributed by atoms with van der Waals surface area (Å²) in [6.45, 7) is 4.20. The zero-order chi connectivity index (χ0) is 13.0. The summed E-state index contributed by atoms with van der Waals surface area (Å²) in [7, 11) is 0. The Kier molecular flexibility index (Phi) is 4.37. The van der Waals surface area contributed by atoms with Gasteiger partial charge in [0.1, 0.15) is 5.75 Å².